The number of unbranched alkanes of at least 4 members (excludes halogenated alkanes) is 1. The Balaban J connectivity index is 1.43. The van der Waals surface area contributed by atoms with Gasteiger partial charge in [0.2, 0.25) is 0 Å². The van der Waals surface area contributed by atoms with E-state index < -0.39 is 0 Å². The first-order chi connectivity index (χ1) is 9.09. The second-order valence-corrected chi connectivity index (χ2v) is 7.09. The SMILES string of the molecule is Cc1ccc(CC2(CCCCC3(O)CC3)CC2)cc1. The topological polar surface area (TPSA) is 20.2 Å². The van der Waals surface area contributed by atoms with Crippen LogP contribution in [-0.2, 0) is 6.42 Å². The van der Waals surface area contributed by atoms with Crippen molar-refractivity contribution >= 4 is 0 Å². The van der Waals surface area contributed by atoms with Gasteiger partial charge in [0.25, 0.3) is 0 Å². The number of benzene rings is 1. The normalized spacial score (nSPS) is 22.2. The third kappa shape index (κ3) is 3.60. The van der Waals surface area contributed by atoms with Crippen molar-refractivity contribution in [1.82, 2.24) is 0 Å². The molecule has 1 heteroatoms. The largest absolute Gasteiger partial charge is 0.390 e. The van der Waals surface area contributed by atoms with Crippen molar-refractivity contribution in [2.24, 2.45) is 5.41 Å². The van der Waals surface area contributed by atoms with Gasteiger partial charge in [-0.25, -0.2) is 0 Å². The first kappa shape index (κ1) is 13.2. The minimum atomic E-state index is -0.242. The van der Waals surface area contributed by atoms with Crippen molar-refractivity contribution < 1.29 is 5.11 Å². The van der Waals surface area contributed by atoms with Crippen LogP contribution in [-0.4, -0.2) is 10.7 Å². The zero-order valence-corrected chi connectivity index (χ0v) is 12.1. The molecule has 0 atom stereocenters. The Bertz CT molecular complexity index is 424. The van der Waals surface area contributed by atoms with Crippen molar-refractivity contribution in [1.29, 1.82) is 0 Å². The lowest BCUT2D eigenvalue weighted by Crippen LogP contribution is -2.08. The number of hydrogen-bond donors (Lipinski definition) is 1. The molecule has 2 fully saturated rings. The van der Waals surface area contributed by atoms with E-state index in [2.05, 4.69) is 31.2 Å². The molecule has 2 aliphatic rings. The van der Waals surface area contributed by atoms with Crippen LogP contribution in [0.5, 0.6) is 0 Å². The Morgan fingerprint density at radius 2 is 1.58 bits per heavy atom. The molecule has 19 heavy (non-hydrogen) atoms. The van der Waals surface area contributed by atoms with Crippen molar-refractivity contribution in [2.75, 3.05) is 0 Å². The highest BCUT2D eigenvalue weighted by Crippen LogP contribution is 2.52. The van der Waals surface area contributed by atoms with Gasteiger partial charge in [-0.1, -0.05) is 42.7 Å². The molecule has 0 unspecified atom stereocenters. The van der Waals surface area contributed by atoms with Crippen LogP contribution < -0.4 is 0 Å². The van der Waals surface area contributed by atoms with E-state index in [4.69, 9.17) is 0 Å². The number of hydrogen-bond acceptors (Lipinski definition) is 1. The number of aliphatic hydroxyl groups is 1. The Morgan fingerprint density at radius 3 is 2.16 bits per heavy atom. The van der Waals surface area contributed by atoms with Gasteiger partial charge in [0.1, 0.15) is 0 Å². The lowest BCUT2D eigenvalue weighted by molar-refractivity contribution is 0.135. The molecule has 3 rings (SSSR count). The molecule has 1 nitrogen and oxygen atoms in total. The first-order valence-corrected chi connectivity index (χ1v) is 7.87. The molecule has 2 aliphatic carbocycles. The van der Waals surface area contributed by atoms with Gasteiger partial charge in [0, 0.05) is 0 Å². The van der Waals surface area contributed by atoms with Crippen LogP contribution in [0.4, 0.5) is 0 Å². The van der Waals surface area contributed by atoms with Crippen LogP contribution in [0, 0.1) is 12.3 Å². The molecule has 104 valence electrons. The summed E-state index contributed by atoms with van der Waals surface area (Å²) in [6.07, 6.45) is 11.1. The van der Waals surface area contributed by atoms with Crippen LogP contribution in [0.1, 0.15) is 62.5 Å². The van der Waals surface area contributed by atoms with E-state index in [1.807, 2.05) is 0 Å². The Labute approximate surface area is 117 Å². The second kappa shape index (κ2) is 4.94. The summed E-state index contributed by atoms with van der Waals surface area (Å²) < 4.78 is 0. The summed E-state index contributed by atoms with van der Waals surface area (Å²) in [4.78, 5) is 0. The third-order valence-corrected chi connectivity index (χ3v) is 5.08. The summed E-state index contributed by atoms with van der Waals surface area (Å²) >= 11 is 0. The third-order valence-electron chi connectivity index (χ3n) is 5.08. The molecule has 1 N–H and O–H groups in total. The van der Waals surface area contributed by atoms with Gasteiger partial charge in [-0.15, -0.1) is 0 Å². The van der Waals surface area contributed by atoms with Crippen molar-refractivity contribution in [3.05, 3.63) is 35.4 Å². The zero-order chi connectivity index (χ0) is 13.3. The molecule has 2 saturated carbocycles. The van der Waals surface area contributed by atoms with E-state index in [-0.39, 0.29) is 5.60 Å². The van der Waals surface area contributed by atoms with E-state index in [0.29, 0.717) is 5.41 Å². The molecule has 0 amide bonds. The standard InChI is InChI=1S/C18H26O/c1-15-4-6-16(7-5-15)14-17(10-11-17)8-2-3-9-18(19)12-13-18/h4-7,19H,2-3,8-14H2,1H3. The van der Waals surface area contributed by atoms with E-state index in [0.717, 1.165) is 19.3 Å². The van der Waals surface area contributed by atoms with Gasteiger partial charge in [-0.3, -0.25) is 0 Å². The smallest absolute Gasteiger partial charge is 0.0650 e. The summed E-state index contributed by atoms with van der Waals surface area (Å²) in [5.74, 6) is 0. The van der Waals surface area contributed by atoms with Gasteiger partial charge in [0.15, 0.2) is 0 Å². The molecular formula is C18H26O. The van der Waals surface area contributed by atoms with Gasteiger partial charge < -0.3 is 5.11 Å². The number of rotatable bonds is 7. The van der Waals surface area contributed by atoms with Gasteiger partial charge in [0.05, 0.1) is 5.60 Å². The molecular weight excluding hydrogens is 232 g/mol. The Hall–Kier alpha value is -0.820. The lowest BCUT2D eigenvalue weighted by atomic mass is 9.90. The van der Waals surface area contributed by atoms with E-state index in [1.165, 1.54) is 49.7 Å². The Kier molecular flexibility index (Phi) is 3.42. The minimum absolute atomic E-state index is 0.242. The molecule has 0 spiro atoms. The molecule has 0 saturated heterocycles. The monoisotopic (exact) mass is 258 g/mol. The summed E-state index contributed by atoms with van der Waals surface area (Å²) in [5, 5.41) is 9.84. The highest BCUT2D eigenvalue weighted by atomic mass is 16.3. The van der Waals surface area contributed by atoms with Crippen LogP contribution >= 0.6 is 0 Å². The predicted molar refractivity (Wildman–Crippen MR) is 79.2 cm³/mol. The molecule has 0 heterocycles. The molecule has 0 bridgehead atoms. The zero-order valence-electron chi connectivity index (χ0n) is 12.1. The molecule has 0 aliphatic heterocycles. The summed E-state index contributed by atoms with van der Waals surface area (Å²) in [6.45, 7) is 2.15. The maximum absolute atomic E-state index is 9.84. The van der Waals surface area contributed by atoms with Crippen molar-refractivity contribution in [3.8, 4) is 0 Å². The molecule has 0 radical (unpaired) electrons. The fourth-order valence-electron chi connectivity index (χ4n) is 3.18. The first-order valence-electron chi connectivity index (χ1n) is 7.87. The van der Waals surface area contributed by atoms with E-state index in [9.17, 15) is 5.11 Å². The summed E-state index contributed by atoms with van der Waals surface area (Å²) in [7, 11) is 0. The van der Waals surface area contributed by atoms with E-state index in [1.54, 1.807) is 0 Å². The lowest BCUT2D eigenvalue weighted by Gasteiger charge is -2.16. The van der Waals surface area contributed by atoms with Crippen LogP contribution in [0.15, 0.2) is 24.3 Å². The summed E-state index contributed by atoms with van der Waals surface area (Å²) in [5.41, 5.74) is 3.23. The predicted octanol–water partition coefficient (Wildman–Crippen LogP) is 4.40. The quantitative estimate of drug-likeness (QED) is 0.719. The average molecular weight is 258 g/mol. The number of aryl methyl sites for hydroxylation is 1. The van der Waals surface area contributed by atoms with Gasteiger partial charge >= 0.3 is 0 Å². The molecule has 0 aromatic heterocycles. The highest BCUT2D eigenvalue weighted by Gasteiger charge is 2.42. The van der Waals surface area contributed by atoms with Crippen LogP contribution in [0.3, 0.4) is 0 Å². The molecule has 1 aromatic rings. The van der Waals surface area contributed by atoms with Gasteiger partial charge in [-0.2, -0.15) is 0 Å². The van der Waals surface area contributed by atoms with Crippen molar-refractivity contribution in [3.63, 3.8) is 0 Å². The maximum Gasteiger partial charge on any atom is 0.0650 e. The van der Waals surface area contributed by atoms with Gasteiger partial charge in [-0.05, 0) is 62.8 Å². The van der Waals surface area contributed by atoms with Crippen LogP contribution in [0.25, 0.3) is 0 Å². The highest BCUT2D eigenvalue weighted by molar-refractivity contribution is 5.23. The Morgan fingerprint density at radius 1 is 0.947 bits per heavy atom. The maximum atomic E-state index is 9.84. The summed E-state index contributed by atoms with van der Waals surface area (Å²) in [6, 6.07) is 9.05. The fraction of sp³-hybridized carbons (Fsp3) is 0.667. The second-order valence-electron chi connectivity index (χ2n) is 7.09. The fourth-order valence-corrected chi connectivity index (χ4v) is 3.18. The van der Waals surface area contributed by atoms with Crippen LogP contribution in [0.2, 0.25) is 0 Å². The van der Waals surface area contributed by atoms with Crippen molar-refractivity contribution in [2.45, 2.75) is 70.3 Å². The minimum Gasteiger partial charge on any atom is -0.390 e. The average Bonchev–Trinajstić information content (AvgIpc) is 3.29. The molecule has 1 aromatic carbocycles. The van der Waals surface area contributed by atoms with E-state index >= 15 is 0 Å².